The number of carbonyl (C=O) groups is 1. The fraction of sp³-hybridized carbons (Fsp3) is 0.357. The average molecular weight is 613 g/mol. The van der Waals surface area contributed by atoms with E-state index >= 15 is 0 Å². The van der Waals surface area contributed by atoms with E-state index in [4.69, 9.17) is 42.1 Å². The Labute approximate surface area is 245 Å². The lowest BCUT2D eigenvalue weighted by atomic mass is 10.0. The maximum atomic E-state index is 13.0. The number of rotatable bonds is 13. The molecule has 1 aromatic heterocycles. The van der Waals surface area contributed by atoms with Crippen molar-refractivity contribution in [1.82, 2.24) is 5.32 Å². The first-order chi connectivity index (χ1) is 19.7. The van der Waals surface area contributed by atoms with Crippen LogP contribution in [0.5, 0.6) is 23.0 Å². The molecule has 1 aliphatic carbocycles. The first kappa shape index (κ1) is 30.3. The second-order valence-corrected chi connectivity index (χ2v) is 10.1. The predicted molar refractivity (Wildman–Crippen MR) is 146 cm³/mol. The molecule has 0 aliphatic heterocycles. The van der Waals surface area contributed by atoms with Gasteiger partial charge in [-0.15, -0.1) is 0 Å². The normalized spacial score (nSPS) is 13.4. The van der Waals surface area contributed by atoms with Crippen molar-refractivity contribution in [3.63, 3.8) is 0 Å². The van der Waals surface area contributed by atoms with Gasteiger partial charge < -0.3 is 34.2 Å². The van der Waals surface area contributed by atoms with Crippen LogP contribution in [0.25, 0.3) is 0 Å². The summed E-state index contributed by atoms with van der Waals surface area (Å²) in [6.07, 6.45) is 2.42. The zero-order valence-electron chi connectivity index (χ0n) is 22.2. The molecular formula is C28H28Cl2F2N2O7. The molecule has 0 spiro atoms. The smallest absolute Gasteiger partial charge is 0.408 e. The van der Waals surface area contributed by atoms with E-state index in [0.29, 0.717) is 39.9 Å². The summed E-state index contributed by atoms with van der Waals surface area (Å²) in [5, 5.41) is 14.6. The van der Waals surface area contributed by atoms with E-state index in [9.17, 15) is 18.8 Å². The van der Waals surface area contributed by atoms with Crippen LogP contribution < -0.4 is 29.0 Å². The lowest BCUT2D eigenvalue weighted by Gasteiger charge is -2.21. The number of hydrogen-bond acceptors (Lipinski definition) is 7. The van der Waals surface area contributed by atoms with Crippen LogP contribution in [0.1, 0.15) is 35.6 Å². The molecule has 13 heteroatoms. The molecule has 0 radical (unpaired) electrons. The molecule has 1 N–H and O–H groups in total. The standard InChI is InChI=1S/C28H28Cl2F2N2O7/c1-37-22-7-5-17(9-25(22)38-2)12-33-28(35)41-24(11-19-20(29)13-34(36)14-21(19)30)18-6-8-23(40-27(31)32)26(10-18)39-15-16-3-4-16/h5-10,13-14,16,24,27H,3-4,11-12,15H2,1-2H3,(H,33,35)/t24-/m0/s1. The summed E-state index contributed by atoms with van der Waals surface area (Å²) in [7, 11) is 3.02. The van der Waals surface area contributed by atoms with Gasteiger partial charge in [0.25, 0.3) is 0 Å². The highest BCUT2D eigenvalue weighted by Gasteiger charge is 2.26. The Morgan fingerprint density at radius 2 is 1.71 bits per heavy atom. The van der Waals surface area contributed by atoms with Crippen LogP contribution in [0, 0.1) is 11.1 Å². The minimum atomic E-state index is -3.06. The molecular weight excluding hydrogens is 585 g/mol. The highest BCUT2D eigenvalue weighted by Crippen LogP contribution is 2.38. The number of carbonyl (C=O) groups excluding carboxylic acids is 1. The maximum absolute atomic E-state index is 13.0. The number of aromatic nitrogens is 1. The van der Waals surface area contributed by atoms with Crippen LogP contribution in [-0.2, 0) is 17.7 Å². The van der Waals surface area contributed by atoms with E-state index in [1.807, 2.05) is 0 Å². The van der Waals surface area contributed by atoms with Crippen LogP contribution in [0.3, 0.4) is 0 Å². The molecule has 1 heterocycles. The molecule has 1 atom stereocenters. The number of nitrogens with one attached hydrogen (secondary N) is 1. The number of hydrogen-bond donors (Lipinski definition) is 1. The van der Waals surface area contributed by atoms with E-state index in [0.717, 1.165) is 30.8 Å². The number of pyridine rings is 1. The topological polar surface area (TPSA) is 102 Å². The molecule has 41 heavy (non-hydrogen) atoms. The number of benzene rings is 2. The van der Waals surface area contributed by atoms with Crippen LogP contribution in [0.4, 0.5) is 13.6 Å². The lowest BCUT2D eigenvalue weighted by Crippen LogP contribution is -2.28. The van der Waals surface area contributed by atoms with Gasteiger partial charge in [0.15, 0.2) is 35.4 Å². The van der Waals surface area contributed by atoms with Crippen molar-refractivity contribution < 1.29 is 42.0 Å². The number of amides is 1. The van der Waals surface area contributed by atoms with Gasteiger partial charge in [0.2, 0.25) is 0 Å². The Hall–Kier alpha value is -3.70. The minimum absolute atomic E-state index is 0.0284. The molecule has 0 saturated heterocycles. The number of methoxy groups -OCH3 is 2. The second-order valence-electron chi connectivity index (χ2n) is 9.27. The van der Waals surface area contributed by atoms with Crippen LogP contribution in [0.2, 0.25) is 10.0 Å². The van der Waals surface area contributed by atoms with Gasteiger partial charge in [0.05, 0.1) is 20.8 Å². The molecule has 0 unspecified atom stereocenters. The SMILES string of the molecule is COc1ccc(CNC(=O)O[C@@H](Cc2c(Cl)c[n+]([O-])cc2Cl)c2ccc(OC(F)F)c(OCC3CC3)c2)cc1OC. The minimum Gasteiger partial charge on any atom is -0.619 e. The Morgan fingerprint density at radius 1 is 1.02 bits per heavy atom. The van der Waals surface area contributed by atoms with Gasteiger partial charge in [-0.1, -0.05) is 35.3 Å². The van der Waals surface area contributed by atoms with Crippen LogP contribution in [0.15, 0.2) is 48.8 Å². The van der Waals surface area contributed by atoms with Gasteiger partial charge in [-0.05, 0) is 54.2 Å². The summed E-state index contributed by atoms with van der Waals surface area (Å²) in [4.78, 5) is 12.9. The quantitative estimate of drug-likeness (QED) is 0.180. The number of nitrogens with zero attached hydrogens (tertiary/aromatic N) is 1. The van der Waals surface area contributed by atoms with Gasteiger partial charge in [-0.2, -0.15) is 13.5 Å². The van der Waals surface area contributed by atoms with Crippen molar-refractivity contribution >= 4 is 29.3 Å². The predicted octanol–water partition coefficient (Wildman–Crippen LogP) is 6.24. The largest absolute Gasteiger partial charge is 0.619 e. The van der Waals surface area contributed by atoms with Crippen molar-refractivity contribution in [3.8, 4) is 23.0 Å². The first-order valence-corrected chi connectivity index (χ1v) is 13.4. The third-order valence-corrected chi connectivity index (χ3v) is 6.96. The summed E-state index contributed by atoms with van der Waals surface area (Å²) < 4.78 is 53.2. The van der Waals surface area contributed by atoms with Gasteiger partial charge in [-0.3, -0.25) is 0 Å². The van der Waals surface area contributed by atoms with Crippen LogP contribution >= 0.6 is 23.2 Å². The third kappa shape index (κ3) is 8.40. The zero-order chi connectivity index (χ0) is 29.5. The van der Waals surface area contributed by atoms with E-state index in [2.05, 4.69) is 10.1 Å². The number of halogens is 4. The lowest BCUT2D eigenvalue weighted by molar-refractivity contribution is -0.605. The molecule has 4 rings (SSSR count). The first-order valence-electron chi connectivity index (χ1n) is 12.6. The molecule has 1 saturated carbocycles. The van der Waals surface area contributed by atoms with Crippen molar-refractivity contribution in [2.24, 2.45) is 5.92 Å². The van der Waals surface area contributed by atoms with Crippen molar-refractivity contribution in [1.29, 1.82) is 0 Å². The van der Waals surface area contributed by atoms with E-state index in [1.54, 1.807) is 18.2 Å². The fourth-order valence-corrected chi connectivity index (χ4v) is 4.60. The molecule has 1 fully saturated rings. The zero-order valence-corrected chi connectivity index (χ0v) is 23.7. The monoisotopic (exact) mass is 612 g/mol. The third-order valence-electron chi connectivity index (χ3n) is 6.31. The second kappa shape index (κ2) is 13.8. The maximum Gasteiger partial charge on any atom is 0.408 e. The van der Waals surface area contributed by atoms with Gasteiger partial charge in [0.1, 0.15) is 16.1 Å². The number of alkyl halides is 2. The molecule has 2 aromatic carbocycles. The number of alkyl carbamates (subject to hydrolysis) is 1. The van der Waals surface area contributed by atoms with Crippen LogP contribution in [-0.4, -0.2) is 33.5 Å². The van der Waals surface area contributed by atoms with Crippen molar-refractivity contribution in [3.05, 3.63) is 80.7 Å². The molecule has 3 aromatic rings. The summed E-state index contributed by atoms with van der Waals surface area (Å²) in [5.74, 6) is 1.30. The average Bonchev–Trinajstić information content (AvgIpc) is 3.76. The Balaban J connectivity index is 1.58. The highest BCUT2D eigenvalue weighted by atomic mass is 35.5. The van der Waals surface area contributed by atoms with E-state index < -0.39 is 18.8 Å². The summed E-state index contributed by atoms with van der Waals surface area (Å²) in [6.45, 7) is -2.62. The van der Waals surface area contributed by atoms with Gasteiger partial charge in [0, 0.05) is 18.5 Å². The van der Waals surface area contributed by atoms with Crippen molar-refractivity contribution in [2.45, 2.75) is 38.5 Å². The summed E-state index contributed by atoms with van der Waals surface area (Å²) in [5.41, 5.74) is 1.48. The molecule has 9 nitrogen and oxygen atoms in total. The Morgan fingerprint density at radius 3 is 2.34 bits per heavy atom. The molecule has 1 amide bonds. The van der Waals surface area contributed by atoms with Crippen molar-refractivity contribution in [2.75, 3.05) is 20.8 Å². The number of ether oxygens (including phenoxy) is 5. The highest BCUT2D eigenvalue weighted by molar-refractivity contribution is 6.35. The fourth-order valence-electron chi connectivity index (χ4n) is 4.00. The summed E-state index contributed by atoms with van der Waals surface area (Å²) in [6, 6.07) is 9.45. The Kier molecular flexibility index (Phi) is 10.2. The molecule has 0 bridgehead atoms. The summed E-state index contributed by atoms with van der Waals surface area (Å²) >= 11 is 12.6. The van der Waals surface area contributed by atoms with Gasteiger partial charge >= 0.3 is 12.7 Å². The Bertz CT molecular complexity index is 1350. The molecule has 220 valence electrons. The van der Waals surface area contributed by atoms with E-state index in [1.165, 1.54) is 32.4 Å². The molecule has 1 aliphatic rings. The van der Waals surface area contributed by atoms with E-state index in [-0.39, 0.29) is 34.5 Å². The van der Waals surface area contributed by atoms with Gasteiger partial charge in [-0.25, -0.2) is 4.79 Å².